The summed E-state index contributed by atoms with van der Waals surface area (Å²) in [4.78, 5) is 14.4. The zero-order valence-electron chi connectivity index (χ0n) is 12.1. The Hall–Kier alpha value is -1.39. The highest BCUT2D eigenvalue weighted by atomic mass is 16.2. The second-order valence-electron chi connectivity index (χ2n) is 5.36. The van der Waals surface area contributed by atoms with Crippen LogP contribution in [0, 0.1) is 0 Å². The molecule has 0 spiro atoms. The lowest BCUT2D eigenvalue weighted by atomic mass is 10.1. The highest BCUT2D eigenvalue weighted by Crippen LogP contribution is 2.24. The molecule has 20 heavy (non-hydrogen) atoms. The van der Waals surface area contributed by atoms with Crippen LogP contribution >= 0.6 is 0 Å². The van der Waals surface area contributed by atoms with Crippen molar-refractivity contribution in [1.29, 1.82) is 0 Å². The minimum absolute atomic E-state index is 0.139. The summed E-state index contributed by atoms with van der Waals surface area (Å²) in [5.41, 5.74) is 2.22. The average Bonchev–Trinajstić information content (AvgIpc) is 2.59. The summed E-state index contributed by atoms with van der Waals surface area (Å²) in [5, 5.41) is 12.1. The first kappa shape index (κ1) is 15.0. The quantitative estimate of drug-likeness (QED) is 0.782. The molecule has 0 radical (unpaired) electrons. The molecule has 0 aromatic heterocycles. The zero-order chi connectivity index (χ0) is 14.4. The fourth-order valence-electron chi connectivity index (χ4n) is 2.59. The molecule has 1 amide bonds. The molecule has 0 fully saturated rings. The van der Waals surface area contributed by atoms with Gasteiger partial charge < -0.3 is 15.3 Å². The summed E-state index contributed by atoms with van der Waals surface area (Å²) in [6.45, 7) is 3.68. The number of hydrogen-bond donors (Lipinski definition) is 2. The van der Waals surface area contributed by atoms with Crippen molar-refractivity contribution < 1.29 is 9.90 Å². The van der Waals surface area contributed by atoms with E-state index in [-0.39, 0.29) is 18.6 Å². The van der Waals surface area contributed by atoms with Crippen molar-refractivity contribution in [3.63, 3.8) is 0 Å². The van der Waals surface area contributed by atoms with Gasteiger partial charge in [-0.25, -0.2) is 0 Å². The number of anilines is 1. The topological polar surface area (TPSA) is 52.6 Å². The van der Waals surface area contributed by atoms with Crippen molar-refractivity contribution in [3.8, 4) is 0 Å². The van der Waals surface area contributed by atoms with Crippen LogP contribution < -0.4 is 10.2 Å². The van der Waals surface area contributed by atoms with E-state index in [9.17, 15) is 4.79 Å². The third-order valence-corrected chi connectivity index (χ3v) is 3.81. The van der Waals surface area contributed by atoms with Crippen LogP contribution in [0.1, 0.15) is 38.2 Å². The molecule has 0 bridgehead atoms. The number of nitrogens with one attached hydrogen (secondary N) is 1. The number of nitrogens with zero attached hydrogens (tertiary/aromatic N) is 1. The number of hydrogen-bond acceptors (Lipinski definition) is 3. The predicted octanol–water partition coefficient (Wildman–Crippen LogP) is 2.06. The molecular formula is C16H24N2O2. The van der Waals surface area contributed by atoms with Gasteiger partial charge in [0.1, 0.15) is 0 Å². The summed E-state index contributed by atoms with van der Waals surface area (Å²) >= 11 is 0. The summed E-state index contributed by atoms with van der Waals surface area (Å²) in [7, 11) is 0. The minimum Gasteiger partial charge on any atom is -0.396 e. The van der Waals surface area contributed by atoms with Crippen LogP contribution in [-0.4, -0.2) is 30.2 Å². The van der Waals surface area contributed by atoms with E-state index in [0.717, 1.165) is 44.5 Å². The predicted molar refractivity (Wildman–Crippen MR) is 80.7 cm³/mol. The first-order valence-corrected chi connectivity index (χ1v) is 7.47. The second kappa shape index (κ2) is 7.41. The van der Waals surface area contributed by atoms with Crippen molar-refractivity contribution in [2.75, 3.05) is 18.1 Å². The number of aliphatic hydroxyl groups is 1. The third-order valence-electron chi connectivity index (χ3n) is 3.81. The van der Waals surface area contributed by atoms with Gasteiger partial charge in [-0.2, -0.15) is 0 Å². The first-order chi connectivity index (χ1) is 9.74. The number of carbonyl (C=O) groups excluding carboxylic acids is 1. The number of unbranched alkanes of at least 4 members (excludes halogenated alkanes) is 3. The van der Waals surface area contributed by atoms with Crippen molar-refractivity contribution in [2.24, 2.45) is 0 Å². The fourth-order valence-corrected chi connectivity index (χ4v) is 2.59. The molecular weight excluding hydrogens is 252 g/mol. The van der Waals surface area contributed by atoms with Gasteiger partial charge in [-0.1, -0.05) is 31.0 Å². The number of benzene rings is 1. The highest BCUT2D eigenvalue weighted by molar-refractivity contribution is 5.98. The van der Waals surface area contributed by atoms with E-state index in [0.29, 0.717) is 0 Å². The molecule has 110 valence electrons. The molecule has 1 atom stereocenters. The zero-order valence-corrected chi connectivity index (χ0v) is 12.1. The lowest BCUT2D eigenvalue weighted by molar-refractivity contribution is -0.120. The van der Waals surface area contributed by atoms with Gasteiger partial charge in [0, 0.05) is 25.4 Å². The van der Waals surface area contributed by atoms with Gasteiger partial charge in [-0.3, -0.25) is 4.79 Å². The van der Waals surface area contributed by atoms with Gasteiger partial charge in [0.05, 0.1) is 6.04 Å². The number of para-hydroxylation sites is 1. The minimum atomic E-state index is -0.139. The van der Waals surface area contributed by atoms with Gasteiger partial charge >= 0.3 is 0 Å². The second-order valence-corrected chi connectivity index (χ2v) is 5.36. The Kier molecular flexibility index (Phi) is 5.56. The van der Waals surface area contributed by atoms with Crippen molar-refractivity contribution in [1.82, 2.24) is 5.32 Å². The van der Waals surface area contributed by atoms with Crippen molar-refractivity contribution in [3.05, 3.63) is 29.8 Å². The van der Waals surface area contributed by atoms with Crippen molar-refractivity contribution >= 4 is 11.6 Å². The SMILES string of the molecule is CC1NCc2ccccc2N(CCCCCCO)C1=O. The van der Waals surface area contributed by atoms with Crippen LogP contribution in [0.5, 0.6) is 0 Å². The molecule has 0 saturated carbocycles. The molecule has 1 aliphatic rings. The standard InChI is InChI=1S/C16H24N2O2/c1-13-16(20)18(10-6-2-3-7-11-19)15-9-5-4-8-14(15)12-17-13/h4-5,8-9,13,17,19H,2-3,6-7,10-12H2,1H3. The molecule has 0 aliphatic carbocycles. The Morgan fingerprint density at radius 3 is 2.80 bits per heavy atom. The Labute approximate surface area is 120 Å². The van der Waals surface area contributed by atoms with E-state index in [2.05, 4.69) is 11.4 Å². The van der Waals surface area contributed by atoms with Crippen LogP contribution in [0.15, 0.2) is 24.3 Å². The molecule has 1 aliphatic heterocycles. The number of rotatable bonds is 6. The third kappa shape index (κ3) is 3.58. The smallest absolute Gasteiger partial charge is 0.243 e. The van der Waals surface area contributed by atoms with Gasteiger partial charge in [0.15, 0.2) is 0 Å². The number of amides is 1. The van der Waals surface area contributed by atoms with Crippen LogP contribution in [0.3, 0.4) is 0 Å². The normalized spacial score (nSPS) is 18.8. The lowest BCUT2D eigenvalue weighted by Gasteiger charge is -2.24. The van der Waals surface area contributed by atoms with Crippen LogP contribution in [0.25, 0.3) is 0 Å². The molecule has 1 unspecified atom stereocenters. The first-order valence-electron chi connectivity index (χ1n) is 7.47. The molecule has 0 saturated heterocycles. The summed E-state index contributed by atoms with van der Waals surface area (Å²) in [5.74, 6) is 0.150. The molecule has 1 aromatic rings. The maximum Gasteiger partial charge on any atom is 0.243 e. The maximum atomic E-state index is 12.5. The highest BCUT2D eigenvalue weighted by Gasteiger charge is 2.26. The van der Waals surface area contributed by atoms with E-state index in [1.165, 1.54) is 5.56 Å². The van der Waals surface area contributed by atoms with Crippen LogP contribution in [0.2, 0.25) is 0 Å². The largest absolute Gasteiger partial charge is 0.396 e. The molecule has 2 rings (SSSR count). The number of fused-ring (bicyclic) bond motifs is 1. The van der Waals surface area contributed by atoms with Crippen molar-refractivity contribution in [2.45, 2.75) is 45.2 Å². The molecule has 2 N–H and O–H groups in total. The van der Waals surface area contributed by atoms with E-state index >= 15 is 0 Å². The van der Waals surface area contributed by atoms with E-state index in [1.807, 2.05) is 30.0 Å². The Balaban J connectivity index is 2.05. The Bertz CT molecular complexity index is 448. The number of carbonyl (C=O) groups is 1. The van der Waals surface area contributed by atoms with E-state index in [1.54, 1.807) is 0 Å². The Morgan fingerprint density at radius 1 is 1.25 bits per heavy atom. The molecule has 1 heterocycles. The van der Waals surface area contributed by atoms with Crippen LogP contribution in [0.4, 0.5) is 5.69 Å². The molecule has 4 nitrogen and oxygen atoms in total. The average molecular weight is 276 g/mol. The maximum absolute atomic E-state index is 12.5. The fraction of sp³-hybridized carbons (Fsp3) is 0.562. The monoisotopic (exact) mass is 276 g/mol. The van der Waals surface area contributed by atoms with E-state index in [4.69, 9.17) is 5.11 Å². The number of aliphatic hydroxyl groups excluding tert-OH is 1. The lowest BCUT2D eigenvalue weighted by Crippen LogP contribution is -2.42. The van der Waals surface area contributed by atoms with E-state index < -0.39 is 0 Å². The molecule has 1 aromatic carbocycles. The summed E-state index contributed by atoms with van der Waals surface area (Å²) in [6, 6.07) is 7.97. The summed E-state index contributed by atoms with van der Waals surface area (Å²) in [6.07, 6.45) is 3.90. The van der Waals surface area contributed by atoms with Gasteiger partial charge in [-0.05, 0) is 31.4 Å². The summed E-state index contributed by atoms with van der Waals surface area (Å²) < 4.78 is 0. The van der Waals surface area contributed by atoms with Gasteiger partial charge in [0.2, 0.25) is 5.91 Å². The van der Waals surface area contributed by atoms with Gasteiger partial charge in [-0.15, -0.1) is 0 Å². The molecule has 4 heteroatoms. The van der Waals surface area contributed by atoms with Gasteiger partial charge in [0.25, 0.3) is 0 Å². The Morgan fingerprint density at radius 2 is 2.00 bits per heavy atom. The van der Waals surface area contributed by atoms with Crippen LogP contribution in [-0.2, 0) is 11.3 Å².